The van der Waals surface area contributed by atoms with E-state index >= 15 is 0 Å². The summed E-state index contributed by atoms with van der Waals surface area (Å²) in [5.41, 5.74) is 5.56. The van der Waals surface area contributed by atoms with E-state index in [2.05, 4.69) is 42.0 Å². The monoisotopic (exact) mass is 313 g/mol. The third kappa shape index (κ3) is 2.55. The van der Waals surface area contributed by atoms with E-state index in [1.165, 1.54) is 51.7 Å². The van der Waals surface area contributed by atoms with Crippen molar-refractivity contribution in [2.24, 2.45) is 0 Å². The van der Waals surface area contributed by atoms with Crippen LogP contribution in [-0.4, -0.2) is 43.1 Å². The van der Waals surface area contributed by atoms with Crippen LogP contribution in [0.3, 0.4) is 0 Å². The second kappa shape index (κ2) is 5.67. The Bertz CT molecular complexity index is 684. The molecule has 0 N–H and O–H groups in total. The van der Waals surface area contributed by atoms with Gasteiger partial charge in [-0.2, -0.15) is 0 Å². The number of likely N-dealkylation sites (N-methyl/N-ethyl adjacent to an activating group) is 1. The highest BCUT2D eigenvalue weighted by Crippen LogP contribution is 2.35. The van der Waals surface area contributed by atoms with E-state index in [4.69, 9.17) is 4.98 Å². The maximum atomic E-state index is 4.98. The molecule has 2 heterocycles. The van der Waals surface area contributed by atoms with Gasteiger partial charge in [0.15, 0.2) is 5.13 Å². The highest BCUT2D eigenvalue weighted by Gasteiger charge is 2.20. The molecule has 0 spiro atoms. The molecule has 1 saturated heterocycles. The Kier molecular flexibility index (Phi) is 3.66. The Morgan fingerprint density at radius 1 is 1.05 bits per heavy atom. The van der Waals surface area contributed by atoms with Crippen LogP contribution >= 0.6 is 11.3 Å². The number of piperazine rings is 1. The zero-order valence-corrected chi connectivity index (χ0v) is 14.2. The molecule has 3 nitrogen and oxygen atoms in total. The Morgan fingerprint density at radius 2 is 1.82 bits per heavy atom. The summed E-state index contributed by atoms with van der Waals surface area (Å²) in [6, 6.07) is 6.95. The van der Waals surface area contributed by atoms with Crippen molar-refractivity contribution in [2.75, 3.05) is 38.1 Å². The minimum absolute atomic E-state index is 1.09. The van der Waals surface area contributed by atoms with Gasteiger partial charge in [-0.15, -0.1) is 11.3 Å². The van der Waals surface area contributed by atoms with Crippen LogP contribution in [0.1, 0.15) is 22.4 Å². The lowest BCUT2D eigenvalue weighted by Crippen LogP contribution is -2.44. The summed E-state index contributed by atoms with van der Waals surface area (Å²) < 4.78 is 0. The number of hydrogen-bond donors (Lipinski definition) is 0. The molecular weight excluding hydrogens is 290 g/mol. The van der Waals surface area contributed by atoms with Gasteiger partial charge in [-0.1, -0.05) is 12.1 Å². The van der Waals surface area contributed by atoms with Crippen molar-refractivity contribution in [3.63, 3.8) is 0 Å². The molecule has 0 atom stereocenters. The zero-order valence-electron chi connectivity index (χ0n) is 13.4. The highest BCUT2D eigenvalue weighted by atomic mass is 32.1. The number of benzene rings is 1. The number of thiazole rings is 1. The summed E-state index contributed by atoms with van der Waals surface area (Å²) in [6.07, 6.45) is 3.79. The maximum Gasteiger partial charge on any atom is 0.186 e. The van der Waals surface area contributed by atoms with Crippen molar-refractivity contribution in [1.29, 1.82) is 0 Å². The van der Waals surface area contributed by atoms with E-state index in [-0.39, 0.29) is 0 Å². The molecule has 4 rings (SSSR count). The minimum Gasteiger partial charge on any atom is -0.346 e. The topological polar surface area (TPSA) is 19.4 Å². The van der Waals surface area contributed by atoms with Gasteiger partial charge < -0.3 is 9.80 Å². The maximum absolute atomic E-state index is 4.98. The second-order valence-corrected chi connectivity index (χ2v) is 7.71. The molecule has 0 bridgehead atoms. The summed E-state index contributed by atoms with van der Waals surface area (Å²) in [5.74, 6) is 0. The minimum atomic E-state index is 1.09. The fourth-order valence-electron chi connectivity index (χ4n) is 3.50. The van der Waals surface area contributed by atoms with Crippen molar-refractivity contribution >= 4 is 16.5 Å². The Labute approximate surface area is 136 Å². The number of fused-ring (bicyclic) bond motifs is 1. The highest BCUT2D eigenvalue weighted by molar-refractivity contribution is 7.16. The van der Waals surface area contributed by atoms with Gasteiger partial charge in [-0.3, -0.25) is 0 Å². The molecule has 0 saturated carbocycles. The van der Waals surface area contributed by atoms with Crippen LogP contribution < -0.4 is 4.90 Å². The molecule has 0 unspecified atom stereocenters. The van der Waals surface area contributed by atoms with E-state index in [9.17, 15) is 0 Å². The van der Waals surface area contributed by atoms with Gasteiger partial charge >= 0.3 is 0 Å². The standard InChI is InChI=1S/C18H23N3S/c1-13-17(16-7-6-14-4-3-5-15(14)12-16)19-18(22-13)21-10-8-20(2)9-11-21/h6-7,12H,3-5,8-11H2,1-2H3. The first-order chi connectivity index (χ1) is 10.7. The van der Waals surface area contributed by atoms with Gasteiger partial charge in [0.2, 0.25) is 0 Å². The van der Waals surface area contributed by atoms with E-state index in [0.29, 0.717) is 0 Å². The first-order valence-electron chi connectivity index (χ1n) is 8.24. The SMILES string of the molecule is Cc1sc(N2CCN(C)CC2)nc1-c1ccc2c(c1)CCC2. The molecule has 4 heteroatoms. The quantitative estimate of drug-likeness (QED) is 0.847. The van der Waals surface area contributed by atoms with Crippen LogP contribution in [0.2, 0.25) is 0 Å². The number of hydrogen-bond acceptors (Lipinski definition) is 4. The van der Waals surface area contributed by atoms with Gasteiger partial charge in [-0.05, 0) is 50.4 Å². The van der Waals surface area contributed by atoms with E-state index in [0.717, 1.165) is 26.2 Å². The number of anilines is 1. The predicted molar refractivity (Wildman–Crippen MR) is 94.0 cm³/mol. The summed E-state index contributed by atoms with van der Waals surface area (Å²) in [6.45, 7) is 6.65. The van der Waals surface area contributed by atoms with Gasteiger partial charge in [0.05, 0.1) is 5.69 Å². The first kappa shape index (κ1) is 14.2. The van der Waals surface area contributed by atoms with Crippen molar-refractivity contribution in [3.8, 4) is 11.3 Å². The average molecular weight is 313 g/mol. The molecular formula is C18H23N3S. The van der Waals surface area contributed by atoms with E-state index in [1.54, 1.807) is 0 Å². The fraction of sp³-hybridized carbons (Fsp3) is 0.500. The molecule has 2 aliphatic rings. The van der Waals surface area contributed by atoms with Gasteiger partial charge in [-0.25, -0.2) is 4.98 Å². The third-order valence-electron chi connectivity index (χ3n) is 4.93. The van der Waals surface area contributed by atoms with Crippen molar-refractivity contribution in [1.82, 2.24) is 9.88 Å². The number of aromatic nitrogens is 1. The molecule has 1 aromatic carbocycles. The van der Waals surface area contributed by atoms with Crippen LogP contribution in [0.25, 0.3) is 11.3 Å². The summed E-state index contributed by atoms with van der Waals surface area (Å²) in [5, 5.41) is 1.20. The average Bonchev–Trinajstić information content (AvgIpc) is 3.13. The molecule has 1 aromatic heterocycles. The molecule has 116 valence electrons. The van der Waals surface area contributed by atoms with E-state index in [1.807, 2.05) is 11.3 Å². The third-order valence-corrected chi connectivity index (χ3v) is 5.96. The van der Waals surface area contributed by atoms with Crippen LogP contribution in [0.5, 0.6) is 0 Å². The number of aryl methyl sites for hydroxylation is 3. The lowest BCUT2D eigenvalue weighted by Gasteiger charge is -2.32. The van der Waals surface area contributed by atoms with Crippen LogP contribution in [0, 0.1) is 6.92 Å². The van der Waals surface area contributed by atoms with Gasteiger partial charge in [0, 0.05) is 36.6 Å². The molecule has 2 aromatic rings. The molecule has 1 aliphatic carbocycles. The molecule has 0 amide bonds. The van der Waals surface area contributed by atoms with Crippen LogP contribution in [0.4, 0.5) is 5.13 Å². The summed E-state index contributed by atoms with van der Waals surface area (Å²) in [7, 11) is 2.19. The van der Waals surface area contributed by atoms with E-state index < -0.39 is 0 Å². The van der Waals surface area contributed by atoms with Crippen LogP contribution in [-0.2, 0) is 12.8 Å². The lowest BCUT2D eigenvalue weighted by molar-refractivity contribution is 0.313. The van der Waals surface area contributed by atoms with Crippen molar-refractivity contribution in [3.05, 3.63) is 34.2 Å². The zero-order chi connectivity index (χ0) is 15.1. The Balaban J connectivity index is 1.63. The number of rotatable bonds is 2. The first-order valence-corrected chi connectivity index (χ1v) is 9.05. The van der Waals surface area contributed by atoms with Crippen molar-refractivity contribution < 1.29 is 0 Å². The molecule has 1 aliphatic heterocycles. The predicted octanol–water partition coefficient (Wildman–Crippen LogP) is 3.36. The van der Waals surface area contributed by atoms with Gasteiger partial charge in [0.25, 0.3) is 0 Å². The Hall–Kier alpha value is -1.39. The smallest absolute Gasteiger partial charge is 0.186 e. The molecule has 0 radical (unpaired) electrons. The van der Waals surface area contributed by atoms with Crippen LogP contribution in [0.15, 0.2) is 18.2 Å². The largest absolute Gasteiger partial charge is 0.346 e. The second-order valence-electron chi connectivity index (χ2n) is 6.53. The lowest BCUT2D eigenvalue weighted by atomic mass is 10.0. The normalized spacial score (nSPS) is 18.7. The molecule has 1 fully saturated rings. The van der Waals surface area contributed by atoms with Crippen molar-refractivity contribution in [2.45, 2.75) is 26.2 Å². The number of nitrogens with zero attached hydrogens (tertiary/aromatic N) is 3. The molecule has 22 heavy (non-hydrogen) atoms. The Morgan fingerprint density at radius 3 is 2.64 bits per heavy atom. The summed E-state index contributed by atoms with van der Waals surface area (Å²) in [4.78, 5) is 11.1. The summed E-state index contributed by atoms with van der Waals surface area (Å²) >= 11 is 1.85. The van der Waals surface area contributed by atoms with Gasteiger partial charge in [0.1, 0.15) is 0 Å². The fourth-order valence-corrected chi connectivity index (χ4v) is 4.49.